The number of fused-ring (bicyclic) bond motifs is 2. The van der Waals surface area contributed by atoms with Crippen molar-refractivity contribution in [3.05, 3.63) is 94.9 Å². The van der Waals surface area contributed by atoms with Crippen LogP contribution in [0.5, 0.6) is 0 Å². The van der Waals surface area contributed by atoms with E-state index in [9.17, 15) is 9.59 Å². The minimum absolute atomic E-state index is 0.0296. The van der Waals surface area contributed by atoms with Gasteiger partial charge < -0.3 is 20.9 Å². The third-order valence-electron chi connectivity index (χ3n) is 5.89. The molecule has 1 aromatic heterocycles. The summed E-state index contributed by atoms with van der Waals surface area (Å²) in [7, 11) is 0. The van der Waals surface area contributed by atoms with Gasteiger partial charge in [-0.2, -0.15) is 4.99 Å². The highest BCUT2D eigenvalue weighted by molar-refractivity contribution is 8.00. The number of aromatic nitrogens is 2. The van der Waals surface area contributed by atoms with Gasteiger partial charge in [-0.25, -0.2) is 4.98 Å². The van der Waals surface area contributed by atoms with Crippen molar-refractivity contribution in [2.45, 2.75) is 23.9 Å². The summed E-state index contributed by atoms with van der Waals surface area (Å²) in [5.74, 6) is -0.425. The summed E-state index contributed by atoms with van der Waals surface area (Å²) < 4.78 is 6.76. The van der Waals surface area contributed by atoms with E-state index in [0.29, 0.717) is 35.8 Å². The first-order valence-corrected chi connectivity index (χ1v) is 13.5. The normalized spacial score (nSPS) is 12.8. The maximum atomic E-state index is 13.5. The highest BCUT2D eigenvalue weighted by Gasteiger charge is 2.25. The molecule has 9 nitrogen and oxygen atoms in total. The Morgan fingerprint density at radius 3 is 2.59 bits per heavy atom. The summed E-state index contributed by atoms with van der Waals surface area (Å²) in [6.07, 6.45) is 3.08. The molecule has 0 aliphatic heterocycles. The van der Waals surface area contributed by atoms with Gasteiger partial charge in [0.15, 0.2) is 5.16 Å². The fraction of sp³-hybridized carbons (Fsp3) is 0.241. The smallest absolute Gasteiger partial charge is 0.265 e. The second kappa shape index (κ2) is 13.7. The number of amides is 1. The number of nitrogens with one attached hydrogen (secondary N) is 1. The number of hydrogen-bond acceptors (Lipinski definition) is 7. The van der Waals surface area contributed by atoms with Crippen LogP contribution in [-0.4, -0.2) is 52.8 Å². The second-order valence-electron chi connectivity index (χ2n) is 8.57. The van der Waals surface area contributed by atoms with E-state index < -0.39 is 11.2 Å². The number of carbonyl (C=O) groups excluding carboxylic acids is 1. The Kier molecular flexibility index (Phi) is 9.85. The van der Waals surface area contributed by atoms with Crippen molar-refractivity contribution in [1.29, 1.82) is 0 Å². The minimum atomic E-state index is -0.763. The molecule has 0 saturated carbocycles. The highest BCUT2D eigenvalue weighted by Crippen LogP contribution is 2.36. The number of ether oxygens (including phenoxy) is 1. The van der Waals surface area contributed by atoms with Crippen LogP contribution in [0.15, 0.2) is 93.9 Å². The van der Waals surface area contributed by atoms with Gasteiger partial charge in [-0.1, -0.05) is 66.4 Å². The molecule has 202 valence electrons. The fourth-order valence-electron chi connectivity index (χ4n) is 4.00. The number of aliphatic imine (C=N–C) groups is 1. The molecular weight excluding hydrogens is 514 g/mol. The zero-order chi connectivity index (χ0) is 27.6. The lowest BCUT2D eigenvalue weighted by molar-refractivity contribution is -0.117. The Labute approximate surface area is 230 Å². The third kappa shape index (κ3) is 7.11. The lowest BCUT2D eigenvalue weighted by Gasteiger charge is -2.17. The SMILES string of the molecule is CCn1c(SC(C(=O)N=C(N)/C=C\NCCOCCO)c2ccccc2)nc2cc3ccccc3cc2c1=O. The van der Waals surface area contributed by atoms with E-state index in [0.717, 1.165) is 16.3 Å². The van der Waals surface area contributed by atoms with Gasteiger partial charge >= 0.3 is 0 Å². The molecule has 1 unspecified atom stereocenters. The van der Waals surface area contributed by atoms with Crippen molar-refractivity contribution in [2.75, 3.05) is 26.4 Å². The molecule has 4 rings (SSSR count). The largest absolute Gasteiger partial charge is 0.394 e. The quantitative estimate of drug-likeness (QED) is 0.0616. The first kappa shape index (κ1) is 28.0. The molecule has 0 aliphatic rings. The van der Waals surface area contributed by atoms with E-state index in [1.807, 2.05) is 73.7 Å². The lowest BCUT2D eigenvalue weighted by Crippen LogP contribution is -2.23. The molecule has 4 N–H and O–H groups in total. The van der Waals surface area contributed by atoms with Crippen LogP contribution in [-0.2, 0) is 16.1 Å². The van der Waals surface area contributed by atoms with Crippen LogP contribution in [0.3, 0.4) is 0 Å². The maximum Gasteiger partial charge on any atom is 0.265 e. The average Bonchev–Trinajstić information content (AvgIpc) is 2.95. The highest BCUT2D eigenvalue weighted by atomic mass is 32.2. The van der Waals surface area contributed by atoms with Crippen LogP contribution >= 0.6 is 11.8 Å². The van der Waals surface area contributed by atoms with E-state index in [-0.39, 0.29) is 24.6 Å². The van der Waals surface area contributed by atoms with Gasteiger partial charge in [0, 0.05) is 19.3 Å². The number of hydrogen-bond donors (Lipinski definition) is 3. The molecule has 1 amide bonds. The van der Waals surface area contributed by atoms with E-state index >= 15 is 0 Å². The van der Waals surface area contributed by atoms with Gasteiger partial charge in [0.2, 0.25) is 0 Å². The molecule has 0 bridgehead atoms. The van der Waals surface area contributed by atoms with Crippen LogP contribution < -0.4 is 16.6 Å². The molecule has 0 radical (unpaired) electrons. The fourth-order valence-corrected chi connectivity index (χ4v) is 5.15. The molecule has 0 spiro atoms. The van der Waals surface area contributed by atoms with Crippen molar-refractivity contribution < 1.29 is 14.6 Å². The average molecular weight is 546 g/mol. The van der Waals surface area contributed by atoms with E-state index in [2.05, 4.69) is 10.3 Å². The Morgan fingerprint density at radius 2 is 1.87 bits per heavy atom. The van der Waals surface area contributed by atoms with Crippen LogP contribution in [0, 0.1) is 0 Å². The molecule has 0 aliphatic carbocycles. The predicted molar refractivity (Wildman–Crippen MR) is 156 cm³/mol. The number of benzene rings is 3. The number of thioether (sulfide) groups is 1. The molecule has 39 heavy (non-hydrogen) atoms. The molecule has 10 heteroatoms. The lowest BCUT2D eigenvalue weighted by atomic mass is 10.1. The number of aliphatic hydroxyl groups excluding tert-OH is 1. The number of nitrogens with two attached hydrogens (primary N) is 1. The summed E-state index contributed by atoms with van der Waals surface area (Å²) in [5.41, 5.74) is 7.15. The molecule has 0 saturated heterocycles. The maximum absolute atomic E-state index is 13.5. The topological polar surface area (TPSA) is 132 Å². The van der Waals surface area contributed by atoms with Crippen LogP contribution in [0.4, 0.5) is 0 Å². The van der Waals surface area contributed by atoms with Gasteiger partial charge in [-0.3, -0.25) is 14.2 Å². The molecule has 0 fully saturated rings. The molecule has 1 heterocycles. The van der Waals surface area contributed by atoms with E-state index in [1.165, 1.54) is 17.8 Å². The Balaban J connectivity index is 1.63. The zero-order valence-electron chi connectivity index (χ0n) is 21.6. The number of amidine groups is 1. The first-order valence-electron chi connectivity index (χ1n) is 12.6. The van der Waals surface area contributed by atoms with E-state index in [1.54, 1.807) is 10.8 Å². The molecule has 1 atom stereocenters. The standard InChI is InChI=1S/C29H31N5O4S/c1-2-34-28(37)23-18-21-10-6-7-11-22(21)19-24(23)32-29(34)39-26(20-8-4-3-5-9-20)27(36)33-25(30)12-13-31-14-16-38-17-15-35/h3-13,18-19,26,31,35H,2,14-17H2,1H3,(H2,30,33,36)/b13-12-. The summed E-state index contributed by atoms with van der Waals surface area (Å²) in [6.45, 7) is 3.45. The van der Waals surface area contributed by atoms with Crippen molar-refractivity contribution in [3.63, 3.8) is 0 Å². The summed E-state index contributed by atoms with van der Waals surface area (Å²) >= 11 is 1.18. The first-order chi connectivity index (χ1) is 19.0. The number of carbonyl (C=O) groups is 1. The second-order valence-corrected chi connectivity index (χ2v) is 9.64. The van der Waals surface area contributed by atoms with Crippen molar-refractivity contribution in [3.8, 4) is 0 Å². The molecule has 4 aromatic rings. The number of rotatable bonds is 12. The predicted octanol–water partition coefficient (Wildman–Crippen LogP) is 3.40. The van der Waals surface area contributed by atoms with Gasteiger partial charge in [0.05, 0.1) is 30.7 Å². The summed E-state index contributed by atoms with van der Waals surface area (Å²) in [4.78, 5) is 35.8. The number of aliphatic hydroxyl groups is 1. The van der Waals surface area contributed by atoms with Crippen molar-refractivity contribution in [1.82, 2.24) is 14.9 Å². The zero-order valence-corrected chi connectivity index (χ0v) is 22.4. The summed E-state index contributed by atoms with van der Waals surface area (Å²) in [5, 5.41) is 13.9. The van der Waals surface area contributed by atoms with Crippen molar-refractivity contribution >= 4 is 45.2 Å². The van der Waals surface area contributed by atoms with Gasteiger partial charge in [-0.15, -0.1) is 0 Å². The van der Waals surface area contributed by atoms with Crippen molar-refractivity contribution in [2.24, 2.45) is 10.7 Å². The van der Waals surface area contributed by atoms with Crippen LogP contribution in [0.1, 0.15) is 17.7 Å². The van der Waals surface area contributed by atoms with Gasteiger partial charge in [0.1, 0.15) is 11.1 Å². The van der Waals surface area contributed by atoms with Crippen LogP contribution in [0.25, 0.3) is 21.7 Å². The molecular formula is C29H31N5O4S. The van der Waals surface area contributed by atoms with Gasteiger partial charge in [-0.05, 0) is 41.5 Å². The minimum Gasteiger partial charge on any atom is -0.394 e. The van der Waals surface area contributed by atoms with Gasteiger partial charge in [0.25, 0.3) is 11.5 Å². The monoisotopic (exact) mass is 545 g/mol. The Bertz CT molecular complexity index is 1550. The molecule has 3 aromatic carbocycles. The number of nitrogens with zero attached hydrogens (tertiary/aromatic N) is 3. The Hall–Kier alpha value is -3.99. The van der Waals surface area contributed by atoms with Crippen LogP contribution in [0.2, 0.25) is 0 Å². The third-order valence-corrected chi connectivity index (χ3v) is 7.12. The Morgan fingerprint density at radius 1 is 1.15 bits per heavy atom. The summed E-state index contributed by atoms with van der Waals surface area (Å²) in [6, 6.07) is 20.8. The van der Waals surface area contributed by atoms with E-state index in [4.69, 9.17) is 20.6 Å².